The maximum Gasteiger partial charge on any atom is 0.298 e. The first kappa shape index (κ1) is 17.1. The van der Waals surface area contributed by atoms with Crippen molar-refractivity contribution >= 4 is 10.1 Å². The van der Waals surface area contributed by atoms with Gasteiger partial charge in [-0.05, 0) is 18.2 Å². The maximum absolute atomic E-state index is 11.3. The Morgan fingerprint density at radius 2 is 1.88 bits per heavy atom. The summed E-state index contributed by atoms with van der Waals surface area (Å²) < 4.78 is 39.5. The number of aromatic hydroxyl groups is 1. The number of nitrogens with zero attached hydrogens (tertiary/aromatic N) is 2. The van der Waals surface area contributed by atoms with Gasteiger partial charge in [0.1, 0.15) is 17.2 Å². The molecule has 1 aromatic carbocycles. The van der Waals surface area contributed by atoms with Gasteiger partial charge in [-0.2, -0.15) is 8.42 Å². The van der Waals surface area contributed by atoms with Crippen molar-refractivity contribution in [1.82, 2.24) is 4.98 Å². The third-order valence-electron chi connectivity index (χ3n) is 3.65. The Kier molecular flexibility index (Phi) is 4.56. The Morgan fingerprint density at radius 1 is 1.16 bits per heavy atom. The summed E-state index contributed by atoms with van der Waals surface area (Å²) in [5, 5.41) is 9.58. The lowest BCUT2D eigenvalue weighted by atomic mass is 10.2. The number of pyridine rings is 1. The summed E-state index contributed by atoms with van der Waals surface area (Å²) in [5.41, 5.74) is 1.16. The van der Waals surface area contributed by atoms with Gasteiger partial charge in [-0.25, -0.2) is 9.55 Å². The number of oxazole rings is 1. The fraction of sp³-hybridized carbons (Fsp3) is 0.176. The largest absolute Gasteiger partial charge is 0.506 e. The van der Waals surface area contributed by atoms with E-state index in [1.165, 1.54) is 18.3 Å². The number of hydrogen-bond acceptors (Lipinski definition) is 5. The molecule has 0 atom stereocenters. The van der Waals surface area contributed by atoms with Crippen molar-refractivity contribution in [1.29, 1.82) is 0 Å². The Labute approximate surface area is 145 Å². The van der Waals surface area contributed by atoms with Crippen LogP contribution in [-0.4, -0.2) is 23.1 Å². The van der Waals surface area contributed by atoms with Crippen LogP contribution >= 0.6 is 0 Å². The molecule has 0 spiro atoms. The van der Waals surface area contributed by atoms with Gasteiger partial charge in [0.2, 0.25) is 5.89 Å². The summed E-state index contributed by atoms with van der Waals surface area (Å²) >= 11 is 0. The second-order valence-corrected chi connectivity index (χ2v) is 6.90. The van der Waals surface area contributed by atoms with Gasteiger partial charge in [0.15, 0.2) is 18.2 Å². The smallest absolute Gasteiger partial charge is 0.298 e. The molecule has 3 aromatic rings. The topological polar surface area (TPSA) is 105 Å². The quantitative estimate of drug-likeness (QED) is 0.535. The van der Waals surface area contributed by atoms with Crippen molar-refractivity contribution in [2.45, 2.75) is 24.8 Å². The Morgan fingerprint density at radius 3 is 2.52 bits per heavy atom. The number of aromatic nitrogens is 2. The average molecular weight is 361 g/mol. The number of phenols is 1. The van der Waals surface area contributed by atoms with E-state index in [1.807, 2.05) is 29.1 Å². The van der Waals surface area contributed by atoms with E-state index in [1.54, 1.807) is 0 Å². The van der Waals surface area contributed by atoms with Crippen LogP contribution in [0.4, 0.5) is 0 Å². The average Bonchev–Trinajstić information content (AvgIpc) is 3.05. The van der Waals surface area contributed by atoms with Gasteiger partial charge in [-0.1, -0.05) is 6.92 Å². The van der Waals surface area contributed by atoms with E-state index >= 15 is 0 Å². The molecule has 3 rings (SSSR count). The van der Waals surface area contributed by atoms with E-state index in [0.29, 0.717) is 17.2 Å². The van der Waals surface area contributed by atoms with Crippen molar-refractivity contribution in [3.05, 3.63) is 48.9 Å². The SMILES string of the molecule is CCC[n+]1ccc(-c2ncc(-c3ccc(O)c(S(=O)(=O)O)c3)o2)cc1. The van der Waals surface area contributed by atoms with Crippen LogP contribution in [-0.2, 0) is 16.7 Å². The van der Waals surface area contributed by atoms with Crippen LogP contribution in [0.5, 0.6) is 5.75 Å². The van der Waals surface area contributed by atoms with Gasteiger partial charge in [0, 0.05) is 29.7 Å². The van der Waals surface area contributed by atoms with Crippen LogP contribution in [0.3, 0.4) is 0 Å². The molecule has 0 saturated carbocycles. The minimum absolute atomic E-state index is 0.324. The first-order valence-corrected chi connectivity index (χ1v) is 9.08. The van der Waals surface area contributed by atoms with Crippen LogP contribution in [0.15, 0.2) is 58.2 Å². The maximum atomic E-state index is 11.3. The molecule has 0 amide bonds. The molecule has 0 aliphatic heterocycles. The highest BCUT2D eigenvalue weighted by Crippen LogP contribution is 2.31. The molecule has 7 nitrogen and oxygen atoms in total. The predicted molar refractivity (Wildman–Crippen MR) is 89.3 cm³/mol. The molecule has 2 heterocycles. The van der Waals surface area contributed by atoms with E-state index in [9.17, 15) is 13.5 Å². The van der Waals surface area contributed by atoms with Crippen molar-refractivity contribution in [3.8, 4) is 28.5 Å². The Bertz CT molecular complexity index is 994. The fourth-order valence-corrected chi connectivity index (χ4v) is 3.03. The van der Waals surface area contributed by atoms with Crippen LogP contribution in [0.25, 0.3) is 22.8 Å². The van der Waals surface area contributed by atoms with Crippen molar-refractivity contribution < 1.29 is 27.1 Å². The van der Waals surface area contributed by atoms with Gasteiger partial charge >= 0.3 is 0 Å². The monoisotopic (exact) mass is 361 g/mol. The van der Waals surface area contributed by atoms with Crippen molar-refractivity contribution in [2.75, 3.05) is 0 Å². The standard InChI is InChI=1S/C17H16N2O5S/c1-2-7-19-8-5-12(6-9-19)17-18-11-15(24-17)13-3-4-14(20)16(10-13)25(21,22)23/h3-6,8-11H,2,7H2,1H3,(H,21,22,23)/p+1. The fourth-order valence-electron chi connectivity index (χ4n) is 2.42. The van der Waals surface area contributed by atoms with Gasteiger partial charge in [-0.15, -0.1) is 0 Å². The molecule has 25 heavy (non-hydrogen) atoms. The Hall–Kier alpha value is -2.71. The number of aryl methyl sites for hydroxylation is 1. The summed E-state index contributed by atoms with van der Waals surface area (Å²) in [4.78, 5) is 3.62. The van der Waals surface area contributed by atoms with Crippen LogP contribution < -0.4 is 4.57 Å². The molecule has 0 aliphatic carbocycles. The van der Waals surface area contributed by atoms with Gasteiger partial charge < -0.3 is 9.52 Å². The minimum atomic E-state index is -4.53. The van der Waals surface area contributed by atoms with E-state index in [0.717, 1.165) is 24.6 Å². The lowest BCUT2D eigenvalue weighted by molar-refractivity contribution is -0.696. The zero-order chi connectivity index (χ0) is 18.0. The van der Waals surface area contributed by atoms with E-state index in [4.69, 9.17) is 8.97 Å². The second-order valence-electron chi connectivity index (χ2n) is 5.51. The van der Waals surface area contributed by atoms with E-state index < -0.39 is 20.8 Å². The Balaban J connectivity index is 1.94. The number of rotatable bonds is 5. The highest BCUT2D eigenvalue weighted by Gasteiger charge is 2.18. The summed E-state index contributed by atoms with van der Waals surface area (Å²) in [6.45, 7) is 3.02. The molecule has 2 N–H and O–H groups in total. The lowest BCUT2D eigenvalue weighted by Gasteiger charge is -2.03. The lowest BCUT2D eigenvalue weighted by Crippen LogP contribution is -2.31. The zero-order valence-corrected chi connectivity index (χ0v) is 14.3. The molecule has 0 aliphatic rings. The summed E-state index contributed by atoms with van der Waals surface area (Å²) in [6.07, 6.45) is 6.35. The number of benzene rings is 1. The first-order valence-electron chi connectivity index (χ1n) is 7.64. The molecule has 0 unspecified atom stereocenters. The van der Waals surface area contributed by atoms with Gasteiger partial charge in [0.25, 0.3) is 10.1 Å². The summed E-state index contributed by atoms with van der Waals surface area (Å²) in [5.74, 6) is 0.180. The summed E-state index contributed by atoms with van der Waals surface area (Å²) in [6, 6.07) is 7.55. The van der Waals surface area contributed by atoms with Crippen LogP contribution in [0.1, 0.15) is 13.3 Å². The van der Waals surface area contributed by atoms with Crippen LogP contribution in [0, 0.1) is 0 Å². The minimum Gasteiger partial charge on any atom is -0.506 e. The summed E-state index contributed by atoms with van der Waals surface area (Å²) in [7, 11) is -4.53. The molecular weight excluding hydrogens is 344 g/mol. The molecule has 2 aromatic heterocycles. The molecule has 0 saturated heterocycles. The number of hydrogen-bond donors (Lipinski definition) is 2. The normalized spacial score (nSPS) is 11.6. The highest BCUT2D eigenvalue weighted by molar-refractivity contribution is 7.86. The third kappa shape index (κ3) is 3.70. The first-order chi connectivity index (χ1) is 11.9. The zero-order valence-electron chi connectivity index (χ0n) is 13.5. The van der Waals surface area contributed by atoms with Crippen LogP contribution in [0.2, 0.25) is 0 Å². The molecule has 0 radical (unpaired) electrons. The molecular formula is C17H17N2O5S+. The molecule has 8 heteroatoms. The van der Waals surface area contributed by atoms with Gasteiger partial charge in [0.05, 0.1) is 6.20 Å². The molecule has 0 fully saturated rings. The molecule has 130 valence electrons. The van der Waals surface area contributed by atoms with Crippen molar-refractivity contribution in [3.63, 3.8) is 0 Å². The predicted octanol–water partition coefficient (Wildman–Crippen LogP) is 2.66. The molecule has 0 bridgehead atoms. The third-order valence-corrected chi connectivity index (χ3v) is 4.53. The van der Waals surface area contributed by atoms with E-state index in [2.05, 4.69) is 11.9 Å². The highest BCUT2D eigenvalue weighted by atomic mass is 32.2. The number of phenolic OH excluding ortho intramolecular Hbond substituents is 1. The second kappa shape index (κ2) is 6.66. The van der Waals surface area contributed by atoms with Crippen molar-refractivity contribution in [2.24, 2.45) is 0 Å². The van der Waals surface area contributed by atoms with E-state index in [-0.39, 0.29) is 0 Å². The van der Waals surface area contributed by atoms with Gasteiger partial charge in [-0.3, -0.25) is 4.55 Å².